The topological polar surface area (TPSA) is 49.8 Å². The monoisotopic (exact) mass is 289 g/mol. The van der Waals surface area contributed by atoms with Crippen molar-refractivity contribution in [2.45, 2.75) is 6.54 Å². The van der Waals surface area contributed by atoms with E-state index >= 15 is 0 Å². The first-order chi connectivity index (χ1) is 10.0. The summed E-state index contributed by atoms with van der Waals surface area (Å²) < 4.78 is 18.9. The van der Waals surface area contributed by atoms with E-state index < -0.39 is 11.7 Å². The number of phenolic OH excluding ortho intramolecular Hbond substituents is 1. The summed E-state index contributed by atoms with van der Waals surface area (Å²) in [6, 6.07) is 10.8. The van der Waals surface area contributed by atoms with Gasteiger partial charge in [-0.15, -0.1) is 0 Å². The van der Waals surface area contributed by atoms with Crippen LogP contribution in [-0.4, -0.2) is 30.1 Å². The van der Waals surface area contributed by atoms with Crippen LogP contribution in [0.4, 0.5) is 4.39 Å². The van der Waals surface area contributed by atoms with E-state index in [0.717, 1.165) is 5.56 Å². The van der Waals surface area contributed by atoms with Crippen LogP contribution in [0.15, 0.2) is 42.5 Å². The summed E-state index contributed by atoms with van der Waals surface area (Å²) in [5.74, 6) is -0.712. The van der Waals surface area contributed by atoms with Gasteiger partial charge in [0.15, 0.2) is 0 Å². The van der Waals surface area contributed by atoms with Crippen molar-refractivity contribution in [3.63, 3.8) is 0 Å². The number of nitrogens with zero attached hydrogens (tertiary/aromatic N) is 1. The average molecular weight is 289 g/mol. The Balaban J connectivity index is 2.21. The largest absolute Gasteiger partial charge is 0.508 e. The number of amides is 1. The molecule has 0 spiro atoms. The second kappa shape index (κ2) is 6.26. The molecule has 1 amide bonds. The third-order valence-corrected chi connectivity index (χ3v) is 3.11. The number of benzene rings is 2. The van der Waals surface area contributed by atoms with E-state index in [1.54, 1.807) is 25.2 Å². The molecular weight excluding hydrogens is 273 g/mol. The molecular formula is C16H16FNO3. The number of phenols is 1. The Labute approximate surface area is 122 Å². The van der Waals surface area contributed by atoms with Crippen molar-refractivity contribution in [2.24, 2.45) is 0 Å². The van der Waals surface area contributed by atoms with Crippen LogP contribution in [0.25, 0.3) is 0 Å². The van der Waals surface area contributed by atoms with Gasteiger partial charge in [-0.05, 0) is 29.8 Å². The smallest absolute Gasteiger partial charge is 0.260 e. The molecule has 0 aliphatic heterocycles. The lowest BCUT2D eigenvalue weighted by molar-refractivity contribution is 0.0777. The third-order valence-electron chi connectivity index (χ3n) is 3.11. The summed E-state index contributed by atoms with van der Waals surface area (Å²) in [5.41, 5.74) is 0.750. The number of rotatable bonds is 4. The molecule has 2 aromatic rings. The van der Waals surface area contributed by atoms with E-state index in [9.17, 15) is 14.3 Å². The highest BCUT2D eigenvalue weighted by atomic mass is 19.1. The Kier molecular flexibility index (Phi) is 4.42. The molecule has 21 heavy (non-hydrogen) atoms. The minimum atomic E-state index is -0.614. The molecule has 2 aromatic carbocycles. The van der Waals surface area contributed by atoms with E-state index in [1.165, 1.54) is 36.3 Å². The first-order valence-corrected chi connectivity index (χ1v) is 6.39. The van der Waals surface area contributed by atoms with E-state index in [2.05, 4.69) is 0 Å². The van der Waals surface area contributed by atoms with Crippen molar-refractivity contribution in [3.8, 4) is 11.5 Å². The Morgan fingerprint density at radius 2 is 1.90 bits per heavy atom. The first kappa shape index (κ1) is 14.8. The van der Waals surface area contributed by atoms with Gasteiger partial charge in [0.1, 0.15) is 22.9 Å². The predicted molar refractivity (Wildman–Crippen MR) is 76.9 cm³/mol. The molecule has 0 atom stereocenters. The van der Waals surface area contributed by atoms with Crippen molar-refractivity contribution in [1.29, 1.82) is 0 Å². The Morgan fingerprint density at radius 3 is 2.52 bits per heavy atom. The van der Waals surface area contributed by atoms with Crippen molar-refractivity contribution in [3.05, 3.63) is 59.4 Å². The number of methoxy groups -OCH3 is 1. The van der Waals surface area contributed by atoms with E-state index in [4.69, 9.17) is 4.74 Å². The highest BCUT2D eigenvalue weighted by molar-refractivity contribution is 5.97. The average Bonchev–Trinajstić information content (AvgIpc) is 2.48. The predicted octanol–water partition coefficient (Wildman–Crippen LogP) is 2.81. The van der Waals surface area contributed by atoms with Gasteiger partial charge in [-0.2, -0.15) is 0 Å². The molecule has 0 aliphatic rings. The van der Waals surface area contributed by atoms with Crippen LogP contribution in [0.3, 0.4) is 0 Å². The molecule has 0 unspecified atom stereocenters. The number of hydrogen-bond donors (Lipinski definition) is 1. The van der Waals surface area contributed by atoms with Crippen LogP contribution < -0.4 is 4.74 Å². The standard InChI is InChI=1S/C16H16FNO3/c1-18(10-11-6-8-12(19)9-7-11)16(20)15-13(17)4-3-5-14(15)21-2/h3-9,19H,10H2,1-2H3. The summed E-state index contributed by atoms with van der Waals surface area (Å²) in [6.07, 6.45) is 0. The van der Waals surface area contributed by atoms with Gasteiger partial charge in [-0.25, -0.2) is 4.39 Å². The summed E-state index contributed by atoms with van der Waals surface area (Å²) in [4.78, 5) is 13.8. The van der Waals surface area contributed by atoms with Gasteiger partial charge in [-0.3, -0.25) is 4.79 Å². The van der Waals surface area contributed by atoms with E-state index in [0.29, 0.717) is 6.54 Å². The van der Waals surface area contributed by atoms with E-state index in [-0.39, 0.29) is 17.1 Å². The van der Waals surface area contributed by atoms with Crippen LogP contribution >= 0.6 is 0 Å². The molecule has 110 valence electrons. The van der Waals surface area contributed by atoms with Gasteiger partial charge in [0, 0.05) is 13.6 Å². The number of carbonyl (C=O) groups excluding carboxylic acids is 1. The molecule has 1 N–H and O–H groups in total. The van der Waals surface area contributed by atoms with Gasteiger partial charge < -0.3 is 14.7 Å². The minimum Gasteiger partial charge on any atom is -0.508 e. The van der Waals surface area contributed by atoms with Gasteiger partial charge >= 0.3 is 0 Å². The number of ether oxygens (including phenoxy) is 1. The highest BCUT2D eigenvalue weighted by Crippen LogP contribution is 2.23. The summed E-state index contributed by atoms with van der Waals surface area (Å²) >= 11 is 0. The third kappa shape index (κ3) is 3.31. The lowest BCUT2D eigenvalue weighted by Gasteiger charge is -2.19. The fraction of sp³-hybridized carbons (Fsp3) is 0.188. The molecule has 0 fully saturated rings. The summed E-state index contributed by atoms with van der Waals surface area (Å²) in [5, 5.41) is 9.24. The molecule has 4 nitrogen and oxygen atoms in total. The molecule has 2 rings (SSSR count). The molecule has 0 heterocycles. The van der Waals surface area contributed by atoms with Gasteiger partial charge in [0.25, 0.3) is 5.91 Å². The van der Waals surface area contributed by atoms with Crippen molar-refractivity contribution < 1.29 is 19.0 Å². The fourth-order valence-electron chi connectivity index (χ4n) is 2.02. The SMILES string of the molecule is COc1cccc(F)c1C(=O)N(C)Cc1ccc(O)cc1. The molecule has 0 saturated heterocycles. The molecule has 0 saturated carbocycles. The number of hydrogen-bond acceptors (Lipinski definition) is 3. The lowest BCUT2D eigenvalue weighted by atomic mass is 10.1. The minimum absolute atomic E-state index is 0.0821. The second-order valence-corrected chi connectivity index (χ2v) is 4.64. The van der Waals surface area contributed by atoms with Gasteiger partial charge in [0.2, 0.25) is 0 Å². The second-order valence-electron chi connectivity index (χ2n) is 4.64. The van der Waals surface area contributed by atoms with Crippen LogP contribution in [0.1, 0.15) is 15.9 Å². The maximum Gasteiger partial charge on any atom is 0.260 e. The van der Waals surface area contributed by atoms with Crippen LogP contribution in [0, 0.1) is 5.82 Å². The maximum absolute atomic E-state index is 13.9. The van der Waals surface area contributed by atoms with Crippen LogP contribution in [-0.2, 0) is 6.54 Å². The van der Waals surface area contributed by atoms with Crippen LogP contribution in [0.5, 0.6) is 11.5 Å². The first-order valence-electron chi connectivity index (χ1n) is 6.39. The molecule has 0 radical (unpaired) electrons. The molecule has 0 aliphatic carbocycles. The zero-order valence-corrected chi connectivity index (χ0v) is 11.8. The number of halogens is 1. The zero-order chi connectivity index (χ0) is 15.4. The van der Waals surface area contributed by atoms with Crippen molar-refractivity contribution in [2.75, 3.05) is 14.2 Å². The van der Waals surface area contributed by atoms with E-state index in [1.807, 2.05) is 0 Å². The highest BCUT2D eigenvalue weighted by Gasteiger charge is 2.21. The van der Waals surface area contributed by atoms with Gasteiger partial charge in [-0.1, -0.05) is 18.2 Å². The van der Waals surface area contributed by atoms with Crippen LogP contribution in [0.2, 0.25) is 0 Å². The van der Waals surface area contributed by atoms with Crippen molar-refractivity contribution >= 4 is 5.91 Å². The molecule has 0 bridgehead atoms. The number of aromatic hydroxyl groups is 1. The number of carbonyl (C=O) groups is 1. The zero-order valence-electron chi connectivity index (χ0n) is 11.8. The van der Waals surface area contributed by atoms with Gasteiger partial charge in [0.05, 0.1) is 7.11 Å². The lowest BCUT2D eigenvalue weighted by Crippen LogP contribution is -2.27. The summed E-state index contributed by atoms with van der Waals surface area (Å²) in [7, 11) is 2.98. The Morgan fingerprint density at radius 1 is 1.24 bits per heavy atom. The summed E-state index contributed by atoms with van der Waals surface area (Å²) in [6.45, 7) is 0.302. The van der Waals surface area contributed by atoms with Crippen molar-refractivity contribution in [1.82, 2.24) is 4.90 Å². The fourth-order valence-corrected chi connectivity index (χ4v) is 2.02. The Hall–Kier alpha value is -2.56. The Bertz CT molecular complexity index is 640. The normalized spacial score (nSPS) is 10.2. The molecule has 0 aromatic heterocycles. The quantitative estimate of drug-likeness (QED) is 0.941. The maximum atomic E-state index is 13.9. The molecule has 5 heteroatoms.